The zero-order chi connectivity index (χ0) is 7.11. The molecule has 2 N–H and O–H groups in total. The summed E-state index contributed by atoms with van der Waals surface area (Å²) < 4.78 is 0. The Hall–Kier alpha value is -0.0800. The van der Waals surface area contributed by atoms with Gasteiger partial charge in [-0.05, 0) is 12.8 Å². The summed E-state index contributed by atoms with van der Waals surface area (Å²) in [4.78, 5) is 0. The fourth-order valence-corrected chi connectivity index (χ4v) is 0.589. The van der Waals surface area contributed by atoms with Gasteiger partial charge in [0, 0.05) is 0 Å². The lowest BCUT2D eigenvalue weighted by molar-refractivity contribution is 0.0940. The van der Waals surface area contributed by atoms with Gasteiger partial charge in [-0.3, -0.25) is 0 Å². The van der Waals surface area contributed by atoms with Gasteiger partial charge in [-0.2, -0.15) is 0 Å². The normalized spacial score (nSPS) is 13.7. The molecule has 0 spiro atoms. The fraction of sp³-hybridized carbons (Fsp3) is 0.857. The Morgan fingerprint density at radius 1 is 1.56 bits per heavy atom. The molecule has 0 aliphatic rings. The third-order valence-corrected chi connectivity index (χ3v) is 1.14. The Balaban J connectivity index is 2.88. The van der Waals surface area contributed by atoms with Gasteiger partial charge in [0.25, 0.3) is 0 Å². The van der Waals surface area contributed by atoms with E-state index in [1.165, 1.54) is 0 Å². The number of hydrogen-bond acceptors (Lipinski definition) is 2. The topological polar surface area (TPSA) is 40.5 Å². The molecule has 0 aliphatic heterocycles. The maximum absolute atomic E-state index is 8.80. The number of unbranched alkanes of at least 4 members (excludes halogenated alkanes) is 2. The lowest BCUT2D eigenvalue weighted by Gasteiger charge is -2.03. The first-order valence-corrected chi connectivity index (χ1v) is 3.41. The van der Waals surface area contributed by atoms with Crippen LogP contribution < -0.4 is 0 Å². The van der Waals surface area contributed by atoms with Crippen LogP contribution >= 0.6 is 0 Å². The highest BCUT2D eigenvalue weighted by Crippen LogP contribution is 2.00. The third-order valence-electron chi connectivity index (χ3n) is 1.14. The molecule has 1 unspecified atom stereocenters. The van der Waals surface area contributed by atoms with Crippen LogP contribution in [0.2, 0.25) is 0 Å². The first kappa shape index (κ1) is 8.92. The number of hydrogen-bond donors (Lipinski definition) is 2. The van der Waals surface area contributed by atoms with Crippen LogP contribution in [-0.2, 0) is 0 Å². The molecule has 0 amide bonds. The van der Waals surface area contributed by atoms with Crippen LogP contribution in [0.5, 0.6) is 0 Å². The van der Waals surface area contributed by atoms with E-state index in [1.807, 2.05) is 6.42 Å². The molecule has 0 saturated carbocycles. The fourth-order valence-electron chi connectivity index (χ4n) is 0.589. The Morgan fingerprint density at radius 3 is 2.67 bits per heavy atom. The Morgan fingerprint density at radius 2 is 2.22 bits per heavy atom. The molecule has 0 aromatic rings. The highest BCUT2D eigenvalue weighted by atomic mass is 16.3. The monoisotopic (exact) mass is 131 g/mol. The van der Waals surface area contributed by atoms with Crippen molar-refractivity contribution < 1.29 is 10.2 Å². The van der Waals surface area contributed by atoms with E-state index in [-0.39, 0.29) is 6.61 Å². The maximum Gasteiger partial charge on any atom is 0.0773 e. The molecule has 2 nitrogen and oxygen atoms in total. The van der Waals surface area contributed by atoms with Crippen LogP contribution in [0, 0.1) is 6.42 Å². The van der Waals surface area contributed by atoms with Crippen LogP contribution in [0.3, 0.4) is 0 Å². The van der Waals surface area contributed by atoms with Gasteiger partial charge in [0.1, 0.15) is 0 Å². The van der Waals surface area contributed by atoms with Gasteiger partial charge in [-0.25, -0.2) is 0 Å². The summed E-state index contributed by atoms with van der Waals surface area (Å²) in [6.45, 7) is 1.96. The first-order valence-electron chi connectivity index (χ1n) is 3.41. The quantitative estimate of drug-likeness (QED) is 0.540. The molecule has 2 heteroatoms. The Kier molecular flexibility index (Phi) is 5.99. The van der Waals surface area contributed by atoms with E-state index in [2.05, 4.69) is 6.92 Å². The lowest BCUT2D eigenvalue weighted by atomic mass is 10.1. The standard InChI is InChI=1S/C7H15O2/c1-2-3-4-5-7(9)6-8/h4,7-9H,2-3,5-6H2,1H3. The summed E-state index contributed by atoms with van der Waals surface area (Å²) in [5.41, 5.74) is 0. The van der Waals surface area contributed by atoms with Gasteiger partial charge in [0.15, 0.2) is 0 Å². The van der Waals surface area contributed by atoms with Gasteiger partial charge in [0.2, 0.25) is 0 Å². The predicted molar refractivity (Wildman–Crippen MR) is 36.9 cm³/mol. The second-order valence-corrected chi connectivity index (χ2v) is 2.15. The molecule has 0 saturated heterocycles. The van der Waals surface area contributed by atoms with E-state index in [4.69, 9.17) is 10.2 Å². The Labute approximate surface area is 56.5 Å². The molecule has 55 valence electrons. The molecule has 1 atom stereocenters. The van der Waals surface area contributed by atoms with Crippen LogP contribution in [-0.4, -0.2) is 22.9 Å². The summed E-state index contributed by atoms with van der Waals surface area (Å²) in [5.74, 6) is 0. The summed E-state index contributed by atoms with van der Waals surface area (Å²) in [7, 11) is 0. The van der Waals surface area contributed by atoms with E-state index >= 15 is 0 Å². The van der Waals surface area contributed by atoms with Gasteiger partial charge >= 0.3 is 0 Å². The van der Waals surface area contributed by atoms with Gasteiger partial charge in [-0.15, -0.1) is 0 Å². The second-order valence-electron chi connectivity index (χ2n) is 2.15. The van der Waals surface area contributed by atoms with E-state index in [0.29, 0.717) is 6.42 Å². The minimum absolute atomic E-state index is 0.125. The molecule has 0 aromatic carbocycles. The van der Waals surface area contributed by atoms with Gasteiger partial charge in [0.05, 0.1) is 12.7 Å². The summed E-state index contributed by atoms with van der Waals surface area (Å²) >= 11 is 0. The van der Waals surface area contributed by atoms with Crippen molar-refractivity contribution in [3.8, 4) is 0 Å². The Bertz CT molecular complexity index is 54.9. The predicted octanol–water partition coefficient (Wildman–Crippen LogP) is 0.734. The minimum atomic E-state index is -0.545. The number of aliphatic hydroxyl groups is 2. The van der Waals surface area contributed by atoms with Crippen molar-refractivity contribution in [2.75, 3.05) is 6.61 Å². The van der Waals surface area contributed by atoms with Crippen molar-refractivity contribution in [3.63, 3.8) is 0 Å². The first-order chi connectivity index (χ1) is 4.31. The summed E-state index contributed by atoms with van der Waals surface area (Å²) in [6, 6.07) is 0. The van der Waals surface area contributed by atoms with E-state index < -0.39 is 6.10 Å². The minimum Gasteiger partial charge on any atom is -0.394 e. The molecule has 0 aromatic heterocycles. The third kappa shape index (κ3) is 5.80. The highest BCUT2D eigenvalue weighted by Gasteiger charge is 1.99. The molecule has 0 fully saturated rings. The van der Waals surface area contributed by atoms with Crippen molar-refractivity contribution in [1.29, 1.82) is 0 Å². The van der Waals surface area contributed by atoms with Crippen LogP contribution in [0.4, 0.5) is 0 Å². The zero-order valence-corrected chi connectivity index (χ0v) is 5.88. The number of aliphatic hydroxyl groups excluding tert-OH is 2. The van der Waals surface area contributed by atoms with Crippen molar-refractivity contribution >= 4 is 0 Å². The molecule has 1 radical (unpaired) electrons. The van der Waals surface area contributed by atoms with E-state index in [1.54, 1.807) is 0 Å². The maximum atomic E-state index is 8.80. The number of rotatable bonds is 5. The van der Waals surface area contributed by atoms with Crippen LogP contribution in [0.1, 0.15) is 26.2 Å². The smallest absolute Gasteiger partial charge is 0.0773 e. The SMILES string of the molecule is CCC[CH]CC(O)CO. The largest absolute Gasteiger partial charge is 0.394 e. The molecular weight excluding hydrogens is 116 g/mol. The summed E-state index contributed by atoms with van der Waals surface area (Å²) in [6.07, 6.45) is 4.21. The van der Waals surface area contributed by atoms with Gasteiger partial charge < -0.3 is 10.2 Å². The van der Waals surface area contributed by atoms with Crippen molar-refractivity contribution in [3.05, 3.63) is 6.42 Å². The molecule has 9 heavy (non-hydrogen) atoms. The molecule has 0 aliphatic carbocycles. The van der Waals surface area contributed by atoms with E-state index in [9.17, 15) is 0 Å². The van der Waals surface area contributed by atoms with Crippen molar-refractivity contribution in [2.24, 2.45) is 0 Å². The molecule has 0 heterocycles. The summed E-state index contributed by atoms with van der Waals surface area (Å²) in [5, 5.41) is 17.2. The van der Waals surface area contributed by atoms with E-state index in [0.717, 1.165) is 12.8 Å². The van der Waals surface area contributed by atoms with Crippen LogP contribution in [0.15, 0.2) is 0 Å². The molecule has 0 bridgehead atoms. The van der Waals surface area contributed by atoms with Crippen molar-refractivity contribution in [2.45, 2.75) is 32.3 Å². The lowest BCUT2D eigenvalue weighted by Crippen LogP contribution is -2.11. The average molecular weight is 131 g/mol. The second kappa shape index (κ2) is 6.05. The van der Waals surface area contributed by atoms with Gasteiger partial charge in [-0.1, -0.05) is 19.8 Å². The van der Waals surface area contributed by atoms with Crippen molar-refractivity contribution in [1.82, 2.24) is 0 Å². The van der Waals surface area contributed by atoms with Crippen LogP contribution in [0.25, 0.3) is 0 Å². The average Bonchev–Trinajstić information content (AvgIpc) is 1.89. The molecular formula is C7H15O2. The zero-order valence-electron chi connectivity index (χ0n) is 5.88. The highest BCUT2D eigenvalue weighted by molar-refractivity contribution is 4.68. The molecule has 0 rings (SSSR count).